The number of hydrogen-bond donors (Lipinski definition) is 2. The van der Waals surface area contributed by atoms with Crippen LogP contribution in [-0.4, -0.2) is 45.0 Å². The molecule has 0 fully saturated rings. The van der Waals surface area contributed by atoms with E-state index in [1.165, 1.54) is 19.6 Å². The summed E-state index contributed by atoms with van der Waals surface area (Å²) in [4.78, 5) is 27.3. The van der Waals surface area contributed by atoms with Crippen molar-refractivity contribution in [1.82, 2.24) is 10.3 Å². The first-order valence-electron chi connectivity index (χ1n) is 8.79. The first-order chi connectivity index (χ1) is 13.5. The Labute approximate surface area is 175 Å². The van der Waals surface area contributed by atoms with Gasteiger partial charge in [0.1, 0.15) is 0 Å². The number of aromatic amines is 1. The van der Waals surface area contributed by atoms with E-state index < -0.39 is 12.0 Å². The standard InChI is InChI=1S/C21H21ClN2O3Se/c1-13(25)23-19(21(26)27-2)11-17-16-10-15(22)8-9-18(16)24-20(17)28-12-14-6-4-3-5-7-14/h3-10,19,24H,11-12H2,1-2H3,(H,23,25). The summed E-state index contributed by atoms with van der Waals surface area (Å²) in [6.45, 7) is 1.39. The summed E-state index contributed by atoms with van der Waals surface area (Å²) in [5.41, 5.74) is 3.23. The monoisotopic (exact) mass is 464 g/mol. The molecular weight excluding hydrogens is 443 g/mol. The Morgan fingerprint density at radius 1 is 1.21 bits per heavy atom. The Hall–Kier alpha value is -2.27. The van der Waals surface area contributed by atoms with Crippen LogP contribution in [0.1, 0.15) is 18.1 Å². The van der Waals surface area contributed by atoms with Gasteiger partial charge in [0.2, 0.25) is 0 Å². The number of amides is 1. The van der Waals surface area contributed by atoms with Crippen molar-refractivity contribution >= 4 is 53.9 Å². The minimum atomic E-state index is -0.744. The summed E-state index contributed by atoms with van der Waals surface area (Å²) in [6.07, 6.45) is 0.346. The number of halogens is 1. The minimum absolute atomic E-state index is 0.124. The number of esters is 1. The molecule has 3 rings (SSSR count). The molecule has 28 heavy (non-hydrogen) atoms. The molecule has 0 spiro atoms. The average Bonchev–Trinajstić information content (AvgIpc) is 3.02. The van der Waals surface area contributed by atoms with Crippen molar-refractivity contribution in [3.05, 3.63) is 64.7 Å². The number of hydrogen-bond acceptors (Lipinski definition) is 3. The van der Waals surface area contributed by atoms with E-state index in [0.29, 0.717) is 11.4 Å². The zero-order valence-electron chi connectivity index (χ0n) is 15.6. The number of aromatic nitrogens is 1. The second kappa shape index (κ2) is 9.28. The van der Waals surface area contributed by atoms with E-state index in [4.69, 9.17) is 16.3 Å². The van der Waals surface area contributed by atoms with E-state index in [1.54, 1.807) is 0 Å². The van der Waals surface area contributed by atoms with Crippen molar-refractivity contribution in [3.8, 4) is 0 Å². The Bertz CT molecular complexity index is 988. The van der Waals surface area contributed by atoms with Crippen LogP contribution in [0.5, 0.6) is 0 Å². The molecule has 146 valence electrons. The van der Waals surface area contributed by atoms with Gasteiger partial charge in [0.15, 0.2) is 0 Å². The molecule has 0 aliphatic heterocycles. The fourth-order valence-electron chi connectivity index (χ4n) is 3.04. The molecule has 0 aliphatic carbocycles. The fourth-order valence-corrected chi connectivity index (χ4v) is 5.42. The number of nitrogens with one attached hydrogen (secondary N) is 2. The van der Waals surface area contributed by atoms with E-state index >= 15 is 0 Å². The molecule has 0 saturated carbocycles. The van der Waals surface area contributed by atoms with Crippen molar-refractivity contribution < 1.29 is 14.3 Å². The average molecular weight is 464 g/mol. The Balaban J connectivity index is 1.96. The quantitative estimate of drug-likeness (QED) is 0.418. The molecule has 1 unspecified atom stereocenters. The van der Waals surface area contributed by atoms with E-state index in [1.807, 2.05) is 36.4 Å². The van der Waals surface area contributed by atoms with Crippen molar-refractivity contribution in [2.75, 3.05) is 7.11 Å². The van der Waals surface area contributed by atoms with Crippen molar-refractivity contribution in [2.24, 2.45) is 0 Å². The maximum atomic E-state index is 12.2. The maximum absolute atomic E-state index is 12.2. The van der Waals surface area contributed by atoms with Crippen molar-refractivity contribution in [2.45, 2.75) is 24.7 Å². The van der Waals surface area contributed by atoms with Gasteiger partial charge in [-0.2, -0.15) is 0 Å². The van der Waals surface area contributed by atoms with Crippen LogP contribution in [0.3, 0.4) is 0 Å². The number of carbonyl (C=O) groups excluding carboxylic acids is 2. The van der Waals surface area contributed by atoms with E-state index in [2.05, 4.69) is 22.4 Å². The molecule has 2 aromatic carbocycles. The van der Waals surface area contributed by atoms with Gasteiger partial charge in [-0.3, -0.25) is 0 Å². The molecule has 0 bridgehead atoms. The van der Waals surface area contributed by atoms with Gasteiger partial charge in [-0.1, -0.05) is 0 Å². The zero-order chi connectivity index (χ0) is 20.1. The number of carbonyl (C=O) groups is 2. The van der Waals surface area contributed by atoms with Gasteiger partial charge >= 0.3 is 175 Å². The molecule has 0 aliphatic rings. The van der Waals surface area contributed by atoms with Crippen LogP contribution in [0, 0.1) is 0 Å². The molecule has 1 aromatic heterocycles. The molecular formula is C21H21ClN2O3Se. The first kappa shape index (κ1) is 20.5. The molecule has 1 heterocycles. The topological polar surface area (TPSA) is 71.2 Å². The van der Waals surface area contributed by atoms with Gasteiger partial charge in [0.25, 0.3) is 0 Å². The first-order valence-corrected chi connectivity index (χ1v) is 11.2. The summed E-state index contributed by atoms with van der Waals surface area (Å²) < 4.78 is 5.97. The molecule has 7 heteroatoms. The van der Waals surface area contributed by atoms with Gasteiger partial charge in [-0.05, 0) is 0 Å². The normalized spacial score (nSPS) is 12.0. The number of fused-ring (bicyclic) bond motifs is 1. The fraction of sp³-hybridized carbons (Fsp3) is 0.238. The van der Waals surface area contributed by atoms with Crippen molar-refractivity contribution in [1.29, 1.82) is 0 Å². The van der Waals surface area contributed by atoms with Gasteiger partial charge < -0.3 is 0 Å². The third-order valence-corrected chi connectivity index (χ3v) is 6.90. The van der Waals surface area contributed by atoms with Gasteiger partial charge in [-0.15, -0.1) is 0 Å². The third-order valence-electron chi connectivity index (χ3n) is 4.33. The van der Waals surface area contributed by atoms with Crippen LogP contribution >= 0.6 is 11.6 Å². The number of benzene rings is 2. The summed E-state index contributed by atoms with van der Waals surface area (Å²) in [7, 11) is 1.32. The van der Waals surface area contributed by atoms with Crippen LogP contribution in [0.4, 0.5) is 0 Å². The number of rotatable bonds is 7. The molecule has 1 amide bonds. The third kappa shape index (κ3) is 4.96. The predicted octanol–water partition coefficient (Wildman–Crippen LogP) is 2.57. The van der Waals surface area contributed by atoms with Crippen LogP contribution in [0.15, 0.2) is 48.5 Å². The number of ether oxygens (including phenoxy) is 1. The second-order valence-corrected chi connectivity index (χ2v) is 8.88. The summed E-state index contributed by atoms with van der Waals surface area (Å²) in [5, 5.41) is 5.21. The molecule has 0 radical (unpaired) electrons. The van der Waals surface area contributed by atoms with Crippen LogP contribution in [-0.2, 0) is 26.1 Å². The zero-order valence-corrected chi connectivity index (χ0v) is 18.1. The summed E-state index contributed by atoms with van der Waals surface area (Å²) in [6, 6.07) is 15.2. The molecule has 3 aromatic rings. The predicted molar refractivity (Wildman–Crippen MR) is 112 cm³/mol. The number of methoxy groups -OCH3 is 1. The Kier molecular flexibility index (Phi) is 6.78. The Morgan fingerprint density at radius 3 is 2.64 bits per heavy atom. The van der Waals surface area contributed by atoms with Gasteiger partial charge in [0.05, 0.1) is 0 Å². The molecule has 0 saturated heterocycles. The molecule has 2 N–H and O–H groups in total. The molecule has 1 atom stereocenters. The number of H-pyrrole nitrogens is 1. The van der Waals surface area contributed by atoms with Crippen molar-refractivity contribution in [3.63, 3.8) is 0 Å². The van der Waals surface area contributed by atoms with Crippen LogP contribution in [0.25, 0.3) is 10.9 Å². The Morgan fingerprint density at radius 2 is 1.96 bits per heavy atom. The summed E-state index contributed by atoms with van der Waals surface area (Å²) in [5.74, 6) is -0.738. The van der Waals surface area contributed by atoms with Crippen LogP contribution in [0.2, 0.25) is 5.02 Å². The van der Waals surface area contributed by atoms with Gasteiger partial charge in [-0.25, -0.2) is 0 Å². The van der Waals surface area contributed by atoms with E-state index in [0.717, 1.165) is 26.4 Å². The SMILES string of the molecule is COC(=O)C(Cc1c([Se]Cc2ccccc2)[nH]c2ccc(Cl)cc12)NC(C)=O. The molecule has 5 nitrogen and oxygen atoms in total. The van der Waals surface area contributed by atoms with Gasteiger partial charge in [0, 0.05) is 0 Å². The second-order valence-electron chi connectivity index (χ2n) is 6.38. The van der Waals surface area contributed by atoms with E-state index in [-0.39, 0.29) is 20.9 Å². The summed E-state index contributed by atoms with van der Waals surface area (Å²) >= 11 is 6.34. The van der Waals surface area contributed by atoms with E-state index in [9.17, 15) is 9.59 Å². The van der Waals surface area contributed by atoms with Crippen LogP contribution < -0.4 is 9.91 Å².